The van der Waals surface area contributed by atoms with Gasteiger partial charge in [0.05, 0.1) is 16.3 Å². The van der Waals surface area contributed by atoms with E-state index >= 15 is 0 Å². The molecule has 1 aliphatic rings. The maximum absolute atomic E-state index is 6.56. The van der Waals surface area contributed by atoms with Crippen molar-refractivity contribution in [2.24, 2.45) is 16.5 Å². The zero-order valence-corrected chi connectivity index (χ0v) is 16.4. The van der Waals surface area contributed by atoms with Crippen molar-refractivity contribution in [2.45, 2.75) is 17.9 Å². The fourth-order valence-corrected chi connectivity index (χ4v) is 5.69. The Balaban J connectivity index is 1.97. The van der Waals surface area contributed by atoms with Crippen molar-refractivity contribution in [1.29, 1.82) is 0 Å². The number of halogens is 1. The fraction of sp³-hybridized carbons (Fsp3) is 0.0952. The molecule has 0 aliphatic carbocycles. The second-order valence-electron chi connectivity index (χ2n) is 6.64. The average Bonchev–Trinajstić information content (AvgIpc) is 3.24. The fourth-order valence-electron chi connectivity index (χ4n) is 3.43. The van der Waals surface area contributed by atoms with E-state index in [1.165, 1.54) is 0 Å². The minimum atomic E-state index is -1.81. The number of hydrogen-bond donors (Lipinski definition) is 2. The van der Waals surface area contributed by atoms with Crippen molar-refractivity contribution >= 4 is 49.3 Å². The van der Waals surface area contributed by atoms with Crippen LogP contribution in [0.2, 0.25) is 5.02 Å². The Morgan fingerprint density at radius 2 is 1.89 bits per heavy atom. The zero-order valence-electron chi connectivity index (χ0n) is 14.9. The number of aliphatic imine (C=N–C) groups is 1. The average molecular weight is 397 g/mol. The summed E-state index contributed by atoms with van der Waals surface area (Å²) >= 11 is 6.56. The molecule has 138 valence electrons. The van der Waals surface area contributed by atoms with Crippen molar-refractivity contribution in [3.05, 3.63) is 76.7 Å². The molecule has 0 radical (unpaired) electrons. The molecule has 1 aliphatic heterocycles. The minimum absolute atomic E-state index is 0.393. The summed E-state index contributed by atoms with van der Waals surface area (Å²) in [6.07, 6.45) is 2.28. The highest BCUT2D eigenvalue weighted by Crippen LogP contribution is 2.40. The lowest BCUT2D eigenvalue weighted by molar-refractivity contribution is 0.991. The molecular weight excluding hydrogens is 376 g/mol. The molecule has 6 heteroatoms. The highest BCUT2D eigenvalue weighted by atomic mass is 35.5. The van der Waals surface area contributed by atoms with Gasteiger partial charge in [-0.2, -0.15) is 0 Å². The van der Waals surface area contributed by atoms with Crippen LogP contribution in [0.1, 0.15) is 17.7 Å². The van der Waals surface area contributed by atoms with E-state index < -0.39 is 9.39 Å². The van der Waals surface area contributed by atoms with Crippen LogP contribution in [0.25, 0.3) is 10.9 Å². The van der Waals surface area contributed by atoms with Gasteiger partial charge in [0.1, 0.15) is 0 Å². The lowest BCUT2D eigenvalue weighted by Crippen LogP contribution is -2.07. The SMILES string of the molecule is C=S(=C)(c1ccccc1)n1c(CN)cc2cc(Cl)c(C3=NC=C(N)C3)cc21. The van der Waals surface area contributed by atoms with Gasteiger partial charge in [-0.25, -0.2) is 0 Å². The molecule has 0 unspecified atom stereocenters. The van der Waals surface area contributed by atoms with Gasteiger partial charge >= 0.3 is 0 Å². The van der Waals surface area contributed by atoms with E-state index in [4.69, 9.17) is 23.1 Å². The predicted octanol–water partition coefficient (Wildman–Crippen LogP) is 4.24. The van der Waals surface area contributed by atoms with Crippen LogP contribution in [0.4, 0.5) is 0 Å². The highest BCUT2D eigenvalue weighted by molar-refractivity contribution is 8.26. The number of allylic oxidation sites excluding steroid dienone is 1. The van der Waals surface area contributed by atoms with E-state index in [1.54, 1.807) is 6.20 Å². The van der Waals surface area contributed by atoms with E-state index in [0.29, 0.717) is 18.0 Å². The number of benzene rings is 2. The molecular formula is C21H21ClN4S. The molecule has 0 atom stereocenters. The summed E-state index contributed by atoms with van der Waals surface area (Å²) in [6, 6.07) is 16.2. The Hall–Kier alpha value is -2.47. The Bertz CT molecular complexity index is 1200. The first-order valence-electron chi connectivity index (χ1n) is 8.52. The third kappa shape index (κ3) is 2.98. The van der Waals surface area contributed by atoms with E-state index in [0.717, 1.165) is 38.5 Å². The molecule has 2 aromatic carbocycles. The van der Waals surface area contributed by atoms with Gasteiger partial charge < -0.3 is 11.5 Å². The van der Waals surface area contributed by atoms with Crippen molar-refractivity contribution in [1.82, 2.24) is 3.97 Å². The topological polar surface area (TPSA) is 69.3 Å². The highest BCUT2D eigenvalue weighted by Gasteiger charge is 2.19. The molecule has 2 heterocycles. The van der Waals surface area contributed by atoms with Crippen molar-refractivity contribution < 1.29 is 0 Å². The zero-order chi connectivity index (χ0) is 19.2. The lowest BCUT2D eigenvalue weighted by Gasteiger charge is -2.22. The van der Waals surface area contributed by atoms with E-state index in [2.05, 4.69) is 45.0 Å². The van der Waals surface area contributed by atoms with Crippen LogP contribution in [0.3, 0.4) is 0 Å². The number of fused-ring (bicyclic) bond motifs is 1. The third-order valence-corrected chi connectivity index (χ3v) is 7.32. The quantitative estimate of drug-likeness (QED) is 0.647. The first kappa shape index (κ1) is 17.9. The number of rotatable bonds is 4. The van der Waals surface area contributed by atoms with Crippen molar-refractivity contribution in [3.63, 3.8) is 0 Å². The third-order valence-electron chi connectivity index (χ3n) is 4.73. The predicted molar refractivity (Wildman–Crippen MR) is 120 cm³/mol. The van der Waals surface area contributed by atoms with Gasteiger partial charge in [0.25, 0.3) is 0 Å². The Labute approximate surface area is 164 Å². The molecule has 4 N–H and O–H groups in total. The smallest absolute Gasteiger partial charge is 0.0595 e. The summed E-state index contributed by atoms with van der Waals surface area (Å²) < 4.78 is 2.17. The van der Waals surface area contributed by atoms with E-state index in [-0.39, 0.29) is 0 Å². The Morgan fingerprint density at radius 3 is 2.52 bits per heavy atom. The second-order valence-corrected chi connectivity index (χ2v) is 9.57. The monoisotopic (exact) mass is 396 g/mol. The van der Waals surface area contributed by atoms with Crippen LogP contribution in [0, 0.1) is 0 Å². The van der Waals surface area contributed by atoms with Crippen LogP contribution in [-0.2, 0) is 6.54 Å². The normalized spacial score (nSPS) is 14.4. The van der Waals surface area contributed by atoms with Crippen LogP contribution in [0.5, 0.6) is 0 Å². The maximum Gasteiger partial charge on any atom is 0.0595 e. The molecule has 4 rings (SSSR count). The lowest BCUT2D eigenvalue weighted by atomic mass is 10.1. The summed E-state index contributed by atoms with van der Waals surface area (Å²) in [6.45, 7) is 0.393. The molecule has 0 fully saturated rings. The summed E-state index contributed by atoms with van der Waals surface area (Å²) in [5, 5.41) is 1.67. The molecule has 0 bridgehead atoms. The summed E-state index contributed by atoms with van der Waals surface area (Å²) in [7, 11) is -1.81. The molecule has 0 spiro atoms. The minimum Gasteiger partial charge on any atom is -0.400 e. The number of hydrogen-bond acceptors (Lipinski definition) is 3. The van der Waals surface area contributed by atoms with Gasteiger partial charge in [-0.05, 0) is 30.3 Å². The summed E-state index contributed by atoms with van der Waals surface area (Å²) in [5.74, 6) is 8.98. The molecule has 1 aromatic heterocycles. The van der Waals surface area contributed by atoms with Crippen LogP contribution < -0.4 is 11.5 Å². The van der Waals surface area contributed by atoms with Crippen molar-refractivity contribution in [2.75, 3.05) is 0 Å². The standard InChI is InChI=1S/C21H21ClN4S/c1-27(2,17-6-4-3-5-7-17)26-16(12-23)8-14-9-19(22)18(11-21(14)26)20-10-15(24)13-25-20/h3-9,11,13H,1-2,10,12,23-24H2. The molecule has 4 nitrogen and oxygen atoms in total. The number of nitrogens with two attached hydrogens (primary N) is 2. The molecule has 27 heavy (non-hydrogen) atoms. The number of nitrogens with zero attached hydrogens (tertiary/aromatic N) is 2. The van der Waals surface area contributed by atoms with Crippen molar-refractivity contribution in [3.8, 4) is 0 Å². The van der Waals surface area contributed by atoms with Crippen LogP contribution >= 0.6 is 21.0 Å². The number of aromatic nitrogens is 1. The van der Waals surface area contributed by atoms with Crippen LogP contribution in [0.15, 0.2) is 70.3 Å². The van der Waals surface area contributed by atoms with Gasteiger partial charge in [0.15, 0.2) is 0 Å². The summed E-state index contributed by atoms with van der Waals surface area (Å²) in [5.41, 5.74) is 16.4. The van der Waals surface area contributed by atoms with Gasteiger partial charge in [-0.15, -0.1) is 9.39 Å². The van der Waals surface area contributed by atoms with Gasteiger partial charge in [-0.3, -0.25) is 8.96 Å². The largest absolute Gasteiger partial charge is 0.400 e. The Kier molecular flexibility index (Phi) is 4.38. The molecule has 0 saturated carbocycles. The summed E-state index contributed by atoms with van der Waals surface area (Å²) in [4.78, 5) is 5.50. The van der Waals surface area contributed by atoms with E-state index in [1.807, 2.05) is 24.3 Å². The molecule has 0 amide bonds. The first-order chi connectivity index (χ1) is 12.9. The maximum atomic E-state index is 6.56. The van der Waals surface area contributed by atoms with Gasteiger partial charge in [0.2, 0.25) is 0 Å². The second kappa shape index (κ2) is 6.60. The Morgan fingerprint density at radius 1 is 1.15 bits per heavy atom. The van der Waals surface area contributed by atoms with E-state index in [9.17, 15) is 0 Å². The molecule has 0 saturated heterocycles. The molecule has 3 aromatic rings. The van der Waals surface area contributed by atoms with Gasteiger partial charge in [-0.1, -0.05) is 41.5 Å². The first-order valence-corrected chi connectivity index (χ1v) is 10.8. The van der Waals surface area contributed by atoms with Gasteiger partial charge in [0, 0.05) is 46.4 Å². The van der Waals surface area contributed by atoms with Crippen LogP contribution in [-0.4, -0.2) is 21.4 Å².